The third kappa shape index (κ3) is 2.72. The molecule has 4 heteroatoms. The van der Waals surface area contributed by atoms with Crippen LogP contribution in [0.25, 0.3) is 10.8 Å². The van der Waals surface area contributed by atoms with E-state index in [4.69, 9.17) is 9.47 Å². The van der Waals surface area contributed by atoms with Gasteiger partial charge in [0.1, 0.15) is 0 Å². The van der Waals surface area contributed by atoms with E-state index in [2.05, 4.69) is 6.58 Å². The summed E-state index contributed by atoms with van der Waals surface area (Å²) in [6, 6.07) is 13.5. The van der Waals surface area contributed by atoms with Gasteiger partial charge in [0.05, 0.1) is 14.2 Å². The van der Waals surface area contributed by atoms with Gasteiger partial charge in [0.2, 0.25) is 0 Å². The molecule has 0 aliphatic carbocycles. The van der Waals surface area contributed by atoms with Crippen molar-refractivity contribution in [3.05, 3.63) is 60.7 Å². The van der Waals surface area contributed by atoms with Crippen LogP contribution in [0.2, 0.25) is 0 Å². The third-order valence-electron chi connectivity index (χ3n) is 4.23. The minimum atomic E-state index is -1.50. The zero-order valence-corrected chi connectivity index (χ0v) is 13.5. The standard InChI is InChI=1S/C19H20O4/c1-5-16(19(2,17(20)22-3)18(21)23-4)15-12-8-10-13-9-6-7-11-14(13)15/h5-12,16H,1H2,2-4H3. The van der Waals surface area contributed by atoms with Gasteiger partial charge in [0.25, 0.3) is 0 Å². The zero-order valence-electron chi connectivity index (χ0n) is 13.5. The summed E-state index contributed by atoms with van der Waals surface area (Å²) in [5.74, 6) is -1.88. The molecule has 2 aromatic rings. The van der Waals surface area contributed by atoms with Gasteiger partial charge in [-0.2, -0.15) is 0 Å². The van der Waals surface area contributed by atoms with E-state index in [1.807, 2.05) is 42.5 Å². The fraction of sp³-hybridized carbons (Fsp3) is 0.263. The third-order valence-corrected chi connectivity index (χ3v) is 4.23. The Morgan fingerprint density at radius 3 is 2.17 bits per heavy atom. The second-order valence-electron chi connectivity index (χ2n) is 5.47. The van der Waals surface area contributed by atoms with Crippen molar-refractivity contribution in [1.82, 2.24) is 0 Å². The summed E-state index contributed by atoms with van der Waals surface area (Å²) in [5.41, 5.74) is -0.675. The van der Waals surface area contributed by atoms with Gasteiger partial charge in [-0.25, -0.2) is 0 Å². The monoisotopic (exact) mass is 312 g/mol. The van der Waals surface area contributed by atoms with E-state index in [1.165, 1.54) is 21.1 Å². The lowest BCUT2D eigenvalue weighted by Crippen LogP contribution is -2.43. The molecule has 0 saturated carbocycles. The number of allylic oxidation sites excluding steroid dienone is 1. The maximum absolute atomic E-state index is 12.4. The van der Waals surface area contributed by atoms with Gasteiger partial charge in [-0.05, 0) is 23.3 Å². The van der Waals surface area contributed by atoms with Gasteiger partial charge in [-0.1, -0.05) is 48.5 Å². The average Bonchev–Trinajstić information content (AvgIpc) is 2.60. The molecule has 0 spiro atoms. The molecule has 0 heterocycles. The Kier molecular flexibility index (Phi) is 4.84. The summed E-state index contributed by atoms with van der Waals surface area (Å²) in [5, 5.41) is 1.98. The van der Waals surface area contributed by atoms with Crippen molar-refractivity contribution in [3.8, 4) is 0 Å². The molecule has 1 unspecified atom stereocenters. The Bertz CT molecular complexity index is 727. The van der Waals surface area contributed by atoms with E-state index in [9.17, 15) is 9.59 Å². The number of esters is 2. The number of benzene rings is 2. The lowest BCUT2D eigenvalue weighted by atomic mass is 9.72. The van der Waals surface area contributed by atoms with E-state index < -0.39 is 23.3 Å². The van der Waals surface area contributed by atoms with Crippen molar-refractivity contribution < 1.29 is 19.1 Å². The van der Waals surface area contributed by atoms with E-state index in [0.717, 1.165) is 16.3 Å². The van der Waals surface area contributed by atoms with Crippen molar-refractivity contribution in [2.75, 3.05) is 14.2 Å². The minimum Gasteiger partial charge on any atom is -0.468 e. The summed E-state index contributed by atoms with van der Waals surface area (Å²) < 4.78 is 9.73. The molecule has 0 bridgehead atoms. The van der Waals surface area contributed by atoms with E-state index in [-0.39, 0.29) is 0 Å². The Morgan fingerprint density at radius 1 is 1.04 bits per heavy atom. The van der Waals surface area contributed by atoms with Crippen LogP contribution >= 0.6 is 0 Å². The molecule has 0 aromatic heterocycles. The molecule has 0 amide bonds. The number of ether oxygens (including phenoxy) is 2. The van der Waals surface area contributed by atoms with Gasteiger partial charge in [0, 0.05) is 5.92 Å². The predicted molar refractivity (Wildman–Crippen MR) is 89.0 cm³/mol. The van der Waals surface area contributed by atoms with E-state index in [0.29, 0.717) is 0 Å². The first-order chi connectivity index (χ1) is 11.0. The Balaban J connectivity index is 2.70. The molecule has 1 atom stereocenters. The molecule has 0 aliphatic heterocycles. The second kappa shape index (κ2) is 6.65. The first-order valence-corrected chi connectivity index (χ1v) is 7.27. The molecule has 0 fully saturated rings. The first kappa shape index (κ1) is 16.7. The Hall–Kier alpha value is -2.62. The summed E-state index contributed by atoms with van der Waals surface area (Å²) in [4.78, 5) is 24.7. The molecule has 2 aromatic carbocycles. The second-order valence-corrected chi connectivity index (χ2v) is 5.47. The highest BCUT2D eigenvalue weighted by Crippen LogP contribution is 2.41. The molecule has 0 saturated heterocycles. The van der Waals surface area contributed by atoms with E-state index >= 15 is 0 Å². The van der Waals surface area contributed by atoms with Crippen LogP contribution in [0.1, 0.15) is 18.4 Å². The van der Waals surface area contributed by atoms with Crippen molar-refractivity contribution >= 4 is 22.7 Å². The van der Waals surface area contributed by atoms with Crippen molar-refractivity contribution in [2.45, 2.75) is 12.8 Å². The number of hydrogen-bond donors (Lipinski definition) is 0. The maximum Gasteiger partial charge on any atom is 0.323 e. The number of rotatable bonds is 5. The number of fused-ring (bicyclic) bond motifs is 1. The summed E-state index contributed by atoms with van der Waals surface area (Å²) in [6.45, 7) is 5.35. The Labute approximate surface area is 135 Å². The van der Waals surface area contributed by atoms with Crippen LogP contribution < -0.4 is 0 Å². The highest BCUT2D eigenvalue weighted by molar-refractivity contribution is 6.02. The molecule has 0 N–H and O–H groups in total. The maximum atomic E-state index is 12.4. The highest BCUT2D eigenvalue weighted by Gasteiger charge is 2.50. The minimum absolute atomic E-state index is 0.575. The van der Waals surface area contributed by atoms with Gasteiger partial charge in [-0.15, -0.1) is 6.58 Å². The van der Waals surface area contributed by atoms with Gasteiger partial charge in [-0.3, -0.25) is 9.59 Å². The van der Waals surface area contributed by atoms with Crippen LogP contribution in [0.5, 0.6) is 0 Å². The quantitative estimate of drug-likeness (QED) is 0.482. The van der Waals surface area contributed by atoms with Gasteiger partial charge in [0.15, 0.2) is 5.41 Å². The van der Waals surface area contributed by atoms with Crippen molar-refractivity contribution in [1.29, 1.82) is 0 Å². The first-order valence-electron chi connectivity index (χ1n) is 7.27. The molecule has 120 valence electrons. The zero-order chi connectivity index (χ0) is 17.0. The number of carbonyl (C=O) groups excluding carboxylic acids is 2. The van der Waals surface area contributed by atoms with Crippen molar-refractivity contribution in [3.63, 3.8) is 0 Å². The molecule has 4 nitrogen and oxygen atoms in total. The summed E-state index contributed by atoms with van der Waals surface area (Å²) in [6.07, 6.45) is 1.59. The SMILES string of the molecule is C=CC(c1cccc2ccccc12)C(C)(C(=O)OC)C(=O)OC. The van der Waals surface area contributed by atoms with Crippen LogP contribution in [-0.4, -0.2) is 26.2 Å². The number of hydrogen-bond acceptors (Lipinski definition) is 4. The largest absolute Gasteiger partial charge is 0.468 e. The predicted octanol–water partition coefficient (Wildman–Crippen LogP) is 3.46. The van der Waals surface area contributed by atoms with Crippen molar-refractivity contribution in [2.24, 2.45) is 5.41 Å². The molecule has 2 rings (SSSR count). The van der Waals surface area contributed by atoms with Crippen LogP contribution in [0.15, 0.2) is 55.1 Å². The fourth-order valence-electron chi connectivity index (χ4n) is 2.96. The highest BCUT2D eigenvalue weighted by atomic mass is 16.5. The van der Waals surface area contributed by atoms with Crippen LogP contribution in [0, 0.1) is 5.41 Å². The number of methoxy groups -OCH3 is 2. The summed E-state index contributed by atoms with van der Waals surface area (Å²) >= 11 is 0. The van der Waals surface area contributed by atoms with E-state index in [1.54, 1.807) is 6.08 Å². The van der Waals surface area contributed by atoms with Crippen LogP contribution in [0.4, 0.5) is 0 Å². The summed E-state index contributed by atoms with van der Waals surface area (Å²) in [7, 11) is 2.51. The average molecular weight is 312 g/mol. The van der Waals surface area contributed by atoms with Gasteiger partial charge < -0.3 is 9.47 Å². The molecular weight excluding hydrogens is 292 g/mol. The number of carbonyl (C=O) groups is 2. The molecule has 0 aliphatic rings. The molecule has 23 heavy (non-hydrogen) atoms. The van der Waals surface area contributed by atoms with Gasteiger partial charge >= 0.3 is 11.9 Å². The van der Waals surface area contributed by atoms with Crippen LogP contribution in [-0.2, 0) is 19.1 Å². The smallest absolute Gasteiger partial charge is 0.323 e. The fourth-order valence-corrected chi connectivity index (χ4v) is 2.96. The Morgan fingerprint density at radius 2 is 1.61 bits per heavy atom. The lowest BCUT2D eigenvalue weighted by molar-refractivity contribution is -0.168. The lowest BCUT2D eigenvalue weighted by Gasteiger charge is -2.31. The molecule has 0 radical (unpaired) electrons. The topological polar surface area (TPSA) is 52.6 Å². The van der Waals surface area contributed by atoms with Crippen LogP contribution in [0.3, 0.4) is 0 Å². The normalized spacial score (nSPS) is 12.5. The molecular formula is C19H20O4.